The van der Waals surface area contributed by atoms with Gasteiger partial charge < -0.3 is 4.57 Å². The van der Waals surface area contributed by atoms with Gasteiger partial charge in [-0.3, -0.25) is 4.79 Å². The van der Waals surface area contributed by atoms with Crippen LogP contribution in [-0.4, -0.2) is 16.1 Å². The summed E-state index contributed by atoms with van der Waals surface area (Å²) in [4.78, 5) is 12.1. The number of hydrogen-bond donors (Lipinski definition) is 0. The summed E-state index contributed by atoms with van der Waals surface area (Å²) in [6, 6.07) is 11.4. The summed E-state index contributed by atoms with van der Waals surface area (Å²) in [5.41, 5.74) is 0.813. The van der Waals surface area contributed by atoms with Gasteiger partial charge in [-0.2, -0.15) is 10.5 Å². The standard InChI is InChI=1S/C15H13N3OS/c16-6-9-20-8-3-7-18-11-12(10-17)15(19)13-4-1-2-5-14(13)18/h1-2,4-5,11H,3,7-9H2. The Hall–Kier alpha value is -2.24. The van der Waals surface area contributed by atoms with Gasteiger partial charge in [0, 0.05) is 18.1 Å². The largest absolute Gasteiger partial charge is 0.346 e. The molecule has 0 radical (unpaired) electrons. The Morgan fingerprint density at radius 1 is 1.25 bits per heavy atom. The van der Waals surface area contributed by atoms with Crippen LogP contribution >= 0.6 is 11.8 Å². The lowest BCUT2D eigenvalue weighted by atomic mass is 10.1. The minimum Gasteiger partial charge on any atom is -0.346 e. The van der Waals surface area contributed by atoms with Gasteiger partial charge in [0.15, 0.2) is 0 Å². The van der Waals surface area contributed by atoms with Crippen LogP contribution in [0.3, 0.4) is 0 Å². The van der Waals surface area contributed by atoms with Crippen LogP contribution in [0.25, 0.3) is 10.9 Å². The number of pyridine rings is 1. The average molecular weight is 283 g/mol. The molecule has 0 atom stereocenters. The number of nitrogens with zero attached hydrogens (tertiary/aromatic N) is 3. The smallest absolute Gasteiger partial charge is 0.207 e. The monoisotopic (exact) mass is 283 g/mol. The van der Waals surface area contributed by atoms with Gasteiger partial charge in [0.05, 0.1) is 17.3 Å². The first kappa shape index (κ1) is 14.2. The molecular formula is C15H13N3OS. The number of aryl methyl sites for hydroxylation is 1. The number of para-hydroxylation sites is 1. The molecule has 2 rings (SSSR count). The van der Waals surface area contributed by atoms with Crippen LogP contribution in [0.2, 0.25) is 0 Å². The van der Waals surface area contributed by atoms with E-state index in [2.05, 4.69) is 6.07 Å². The number of aromatic nitrogens is 1. The van der Waals surface area contributed by atoms with Gasteiger partial charge in [-0.1, -0.05) is 12.1 Å². The Morgan fingerprint density at radius 2 is 2.05 bits per heavy atom. The zero-order valence-electron chi connectivity index (χ0n) is 10.9. The highest BCUT2D eigenvalue weighted by molar-refractivity contribution is 7.99. The van der Waals surface area contributed by atoms with E-state index in [9.17, 15) is 4.79 Å². The zero-order valence-corrected chi connectivity index (χ0v) is 11.7. The fourth-order valence-corrected chi connectivity index (χ4v) is 2.63. The Morgan fingerprint density at radius 3 is 2.80 bits per heavy atom. The van der Waals surface area contributed by atoms with E-state index in [0.717, 1.165) is 24.2 Å². The van der Waals surface area contributed by atoms with Crippen molar-refractivity contribution in [2.45, 2.75) is 13.0 Å². The van der Waals surface area contributed by atoms with Crippen LogP contribution in [0, 0.1) is 22.7 Å². The van der Waals surface area contributed by atoms with Gasteiger partial charge in [0.2, 0.25) is 5.43 Å². The third-order valence-electron chi connectivity index (χ3n) is 2.96. The number of nitriles is 2. The summed E-state index contributed by atoms with van der Waals surface area (Å²) in [5, 5.41) is 18.1. The Kier molecular flexibility index (Phi) is 4.81. The van der Waals surface area contributed by atoms with Gasteiger partial charge >= 0.3 is 0 Å². The molecule has 5 heteroatoms. The second-order valence-electron chi connectivity index (χ2n) is 4.26. The molecule has 100 valence electrons. The first-order valence-corrected chi connectivity index (χ1v) is 7.40. The van der Waals surface area contributed by atoms with Gasteiger partial charge in [-0.25, -0.2) is 0 Å². The fraction of sp³-hybridized carbons (Fsp3) is 0.267. The SMILES string of the molecule is N#CCSCCCn1cc(C#N)c(=O)c2ccccc21. The predicted molar refractivity (Wildman–Crippen MR) is 80.5 cm³/mol. The molecule has 0 saturated carbocycles. The molecule has 1 aromatic heterocycles. The minimum atomic E-state index is -0.210. The number of rotatable bonds is 5. The normalized spacial score (nSPS) is 10.1. The lowest BCUT2D eigenvalue weighted by molar-refractivity contribution is 0.702. The van der Waals surface area contributed by atoms with E-state index in [1.807, 2.05) is 22.8 Å². The van der Waals surface area contributed by atoms with Gasteiger partial charge in [-0.05, 0) is 24.3 Å². The topological polar surface area (TPSA) is 69.6 Å². The van der Waals surface area contributed by atoms with Crippen molar-refractivity contribution in [1.29, 1.82) is 10.5 Å². The second kappa shape index (κ2) is 6.79. The molecule has 0 amide bonds. The zero-order chi connectivity index (χ0) is 14.4. The molecule has 0 N–H and O–H groups in total. The Bertz CT molecular complexity index is 752. The van der Waals surface area contributed by atoms with Crippen LogP contribution in [0.1, 0.15) is 12.0 Å². The molecule has 0 fully saturated rings. The van der Waals surface area contributed by atoms with Crippen LogP contribution in [0.4, 0.5) is 0 Å². The highest BCUT2D eigenvalue weighted by atomic mass is 32.2. The maximum atomic E-state index is 12.1. The van der Waals surface area contributed by atoms with E-state index in [4.69, 9.17) is 10.5 Å². The van der Waals surface area contributed by atoms with E-state index < -0.39 is 0 Å². The third-order valence-corrected chi connectivity index (χ3v) is 3.87. The van der Waals surface area contributed by atoms with Crippen molar-refractivity contribution in [2.75, 3.05) is 11.5 Å². The Balaban J connectivity index is 2.29. The number of fused-ring (bicyclic) bond motifs is 1. The van der Waals surface area contributed by atoms with Gasteiger partial charge in [-0.15, -0.1) is 11.8 Å². The molecule has 1 aromatic carbocycles. The number of benzene rings is 1. The lowest BCUT2D eigenvalue weighted by Crippen LogP contribution is -2.13. The molecular weight excluding hydrogens is 270 g/mol. The molecule has 20 heavy (non-hydrogen) atoms. The maximum Gasteiger partial charge on any atom is 0.207 e. The molecule has 0 aliphatic heterocycles. The highest BCUT2D eigenvalue weighted by Crippen LogP contribution is 2.13. The summed E-state index contributed by atoms with van der Waals surface area (Å²) < 4.78 is 1.95. The summed E-state index contributed by atoms with van der Waals surface area (Å²) in [6.45, 7) is 0.730. The van der Waals surface area contributed by atoms with Crippen molar-refractivity contribution in [2.24, 2.45) is 0 Å². The average Bonchev–Trinajstić information content (AvgIpc) is 2.49. The number of hydrogen-bond acceptors (Lipinski definition) is 4. The quantitative estimate of drug-likeness (QED) is 0.791. The van der Waals surface area contributed by atoms with E-state index in [1.165, 1.54) is 0 Å². The number of thioether (sulfide) groups is 1. The van der Waals surface area contributed by atoms with Crippen molar-refractivity contribution in [3.8, 4) is 12.1 Å². The van der Waals surface area contributed by atoms with Crippen LogP contribution in [0.15, 0.2) is 35.3 Å². The van der Waals surface area contributed by atoms with Crippen LogP contribution < -0.4 is 5.43 Å². The molecule has 4 nitrogen and oxygen atoms in total. The second-order valence-corrected chi connectivity index (χ2v) is 5.36. The fourth-order valence-electron chi connectivity index (χ4n) is 2.06. The summed E-state index contributed by atoms with van der Waals surface area (Å²) in [5.74, 6) is 1.38. The van der Waals surface area contributed by atoms with Crippen molar-refractivity contribution in [1.82, 2.24) is 4.57 Å². The molecule has 0 saturated heterocycles. The van der Waals surface area contributed by atoms with E-state index in [-0.39, 0.29) is 11.0 Å². The minimum absolute atomic E-state index is 0.174. The van der Waals surface area contributed by atoms with E-state index in [0.29, 0.717) is 11.1 Å². The van der Waals surface area contributed by atoms with Gasteiger partial charge in [0.25, 0.3) is 0 Å². The van der Waals surface area contributed by atoms with Crippen molar-refractivity contribution in [3.63, 3.8) is 0 Å². The Labute approximate surface area is 121 Å². The van der Waals surface area contributed by atoms with Crippen LogP contribution in [-0.2, 0) is 6.54 Å². The first-order valence-electron chi connectivity index (χ1n) is 6.25. The summed E-state index contributed by atoms with van der Waals surface area (Å²) in [6.07, 6.45) is 2.52. The van der Waals surface area contributed by atoms with E-state index >= 15 is 0 Å². The molecule has 0 aliphatic rings. The molecule has 0 unspecified atom stereocenters. The van der Waals surface area contributed by atoms with Crippen molar-refractivity contribution >= 4 is 22.7 Å². The van der Waals surface area contributed by atoms with E-state index in [1.54, 1.807) is 30.1 Å². The summed E-state index contributed by atoms with van der Waals surface area (Å²) >= 11 is 1.59. The maximum absolute atomic E-state index is 12.1. The summed E-state index contributed by atoms with van der Waals surface area (Å²) in [7, 11) is 0. The molecule has 1 heterocycles. The van der Waals surface area contributed by atoms with Crippen molar-refractivity contribution in [3.05, 3.63) is 46.2 Å². The highest BCUT2D eigenvalue weighted by Gasteiger charge is 2.07. The third kappa shape index (κ3) is 3.01. The van der Waals surface area contributed by atoms with Gasteiger partial charge in [0.1, 0.15) is 11.6 Å². The predicted octanol–water partition coefficient (Wildman–Crippen LogP) is 2.52. The van der Waals surface area contributed by atoms with Crippen molar-refractivity contribution < 1.29 is 0 Å². The molecule has 2 aromatic rings. The molecule has 0 spiro atoms. The lowest BCUT2D eigenvalue weighted by Gasteiger charge is -2.11. The molecule has 0 bridgehead atoms. The molecule has 0 aliphatic carbocycles. The first-order chi connectivity index (χ1) is 9.77. The van der Waals surface area contributed by atoms with Crippen LogP contribution in [0.5, 0.6) is 0 Å².